The molecule has 0 aliphatic rings. The molecule has 0 aliphatic heterocycles. The minimum absolute atomic E-state index is 0.138. The minimum atomic E-state index is -0.138. The molecule has 1 aromatic carbocycles. The predicted molar refractivity (Wildman–Crippen MR) is 94.7 cm³/mol. The summed E-state index contributed by atoms with van der Waals surface area (Å²) in [6.07, 6.45) is 5.02. The van der Waals surface area contributed by atoms with E-state index >= 15 is 0 Å². The van der Waals surface area contributed by atoms with Gasteiger partial charge in [0.25, 0.3) is 0 Å². The van der Waals surface area contributed by atoms with E-state index in [2.05, 4.69) is 11.1 Å². The van der Waals surface area contributed by atoms with Gasteiger partial charge in [-0.25, -0.2) is 4.98 Å². The Kier molecular flexibility index (Phi) is 4.65. The SMILES string of the molecule is CN(Cc1ccc(C#N)cc1)C(=O)/C=C/c1c(Cl)nc2sccn12. The number of aromatic nitrogens is 2. The van der Waals surface area contributed by atoms with Gasteiger partial charge in [-0.05, 0) is 23.8 Å². The van der Waals surface area contributed by atoms with Crippen molar-refractivity contribution in [1.29, 1.82) is 5.26 Å². The molecule has 0 saturated carbocycles. The van der Waals surface area contributed by atoms with Crippen molar-refractivity contribution >= 4 is 39.9 Å². The third-order valence-electron chi connectivity index (χ3n) is 3.52. The van der Waals surface area contributed by atoms with E-state index in [9.17, 15) is 4.79 Å². The lowest BCUT2D eigenvalue weighted by atomic mass is 10.1. The first-order valence-electron chi connectivity index (χ1n) is 7.12. The van der Waals surface area contributed by atoms with Gasteiger partial charge in [-0.15, -0.1) is 11.3 Å². The predicted octanol–water partition coefficient (Wildman–Crippen LogP) is 3.59. The van der Waals surface area contributed by atoms with Crippen LogP contribution in [0.5, 0.6) is 0 Å². The van der Waals surface area contributed by atoms with Crippen molar-refractivity contribution in [2.45, 2.75) is 6.54 Å². The van der Waals surface area contributed by atoms with Gasteiger partial charge >= 0.3 is 0 Å². The standard InChI is InChI=1S/C17H13ClN4OS/c1-21(11-13-4-2-12(10-19)3-5-13)15(23)7-6-14-16(18)20-17-22(14)8-9-24-17/h2-9H,11H2,1H3/b7-6+. The lowest BCUT2D eigenvalue weighted by Gasteiger charge is -2.15. The first-order valence-corrected chi connectivity index (χ1v) is 8.37. The number of amides is 1. The lowest BCUT2D eigenvalue weighted by Crippen LogP contribution is -2.24. The highest BCUT2D eigenvalue weighted by atomic mass is 35.5. The van der Waals surface area contributed by atoms with Crippen LogP contribution >= 0.6 is 22.9 Å². The minimum Gasteiger partial charge on any atom is -0.338 e. The van der Waals surface area contributed by atoms with E-state index in [4.69, 9.17) is 16.9 Å². The van der Waals surface area contributed by atoms with Gasteiger partial charge in [0.15, 0.2) is 10.1 Å². The number of imidazole rings is 1. The van der Waals surface area contributed by atoms with E-state index in [0.717, 1.165) is 10.5 Å². The van der Waals surface area contributed by atoms with Crippen LogP contribution in [0.4, 0.5) is 0 Å². The summed E-state index contributed by atoms with van der Waals surface area (Å²) in [5.41, 5.74) is 2.25. The van der Waals surface area contributed by atoms with Crippen LogP contribution in [0.25, 0.3) is 11.0 Å². The van der Waals surface area contributed by atoms with E-state index < -0.39 is 0 Å². The Morgan fingerprint density at radius 1 is 1.46 bits per heavy atom. The molecule has 0 bridgehead atoms. The molecular formula is C17H13ClN4OS. The number of benzene rings is 1. The normalized spacial score (nSPS) is 11.0. The van der Waals surface area contributed by atoms with Crippen molar-refractivity contribution < 1.29 is 4.79 Å². The van der Waals surface area contributed by atoms with Crippen molar-refractivity contribution in [2.75, 3.05) is 7.05 Å². The summed E-state index contributed by atoms with van der Waals surface area (Å²) in [5.74, 6) is -0.138. The smallest absolute Gasteiger partial charge is 0.246 e. The molecule has 2 heterocycles. The van der Waals surface area contributed by atoms with E-state index in [1.807, 2.05) is 28.1 Å². The first kappa shape index (κ1) is 16.2. The molecule has 2 aromatic heterocycles. The van der Waals surface area contributed by atoms with Crippen LogP contribution in [0.15, 0.2) is 41.9 Å². The van der Waals surface area contributed by atoms with Gasteiger partial charge in [-0.3, -0.25) is 9.20 Å². The number of fused-ring (bicyclic) bond motifs is 1. The van der Waals surface area contributed by atoms with E-state index in [1.165, 1.54) is 17.4 Å². The molecular weight excluding hydrogens is 344 g/mol. The van der Waals surface area contributed by atoms with Crippen LogP contribution in [0.2, 0.25) is 5.15 Å². The molecule has 0 radical (unpaired) electrons. The third kappa shape index (κ3) is 3.32. The maximum Gasteiger partial charge on any atom is 0.246 e. The lowest BCUT2D eigenvalue weighted by molar-refractivity contribution is -0.125. The van der Waals surface area contributed by atoms with Crippen molar-refractivity contribution in [3.8, 4) is 6.07 Å². The Bertz CT molecular complexity index is 949. The third-order valence-corrected chi connectivity index (χ3v) is 4.55. The van der Waals surface area contributed by atoms with Gasteiger partial charge in [0.2, 0.25) is 5.91 Å². The second-order valence-electron chi connectivity index (χ2n) is 5.18. The van der Waals surface area contributed by atoms with Crippen LogP contribution in [0.1, 0.15) is 16.8 Å². The van der Waals surface area contributed by atoms with Crippen LogP contribution < -0.4 is 0 Å². The molecule has 1 amide bonds. The number of nitrogens with zero attached hydrogens (tertiary/aromatic N) is 4. The molecule has 0 aliphatic carbocycles. The number of carbonyl (C=O) groups excluding carboxylic acids is 1. The summed E-state index contributed by atoms with van der Waals surface area (Å²) in [6.45, 7) is 0.461. The van der Waals surface area contributed by atoms with Gasteiger partial charge in [0.05, 0.1) is 17.3 Å². The number of likely N-dealkylation sites (N-methyl/N-ethyl adjacent to an activating group) is 1. The molecule has 0 N–H and O–H groups in total. The Morgan fingerprint density at radius 2 is 2.21 bits per heavy atom. The highest BCUT2D eigenvalue weighted by Crippen LogP contribution is 2.22. The van der Waals surface area contributed by atoms with Gasteiger partial charge in [0, 0.05) is 31.2 Å². The maximum absolute atomic E-state index is 12.3. The topological polar surface area (TPSA) is 61.4 Å². The summed E-state index contributed by atoms with van der Waals surface area (Å²) in [6, 6.07) is 9.23. The summed E-state index contributed by atoms with van der Waals surface area (Å²) in [4.78, 5) is 18.9. The van der Waals surface area contributed by atoms with E-state index in [1.54, 1.807) is 30.2 Å². The highest BCUT2D eigenvalue weighted by Gasteiger charge is 2.10. The Labute approximate surface area is 148 Å². The highest BCUT2D eigenvalue weighted by molar-refractivity contribution is 7.15. The Hall–Kier alpha value is -2.62. The monoisotopic (exact) mass is 356 g/mol. The fourth-order valence-corrected chi connectivity index (χ4v) is 3.25. The summed E-state index contributed by atoms with van der Waals surface area (Å²) in [7, 11) is 1.73. The van der Waals surface area contributed by atoms with Crippen LogP contribution in [0.3, 0.4) is 0 Å². The zero-order valence-electron chi connectivity index (χ0n) is 12.8. The second kappa shape index (κ2) is 6.87. The Morgan fingerprint density at radius 3 is 2.92 bits per heavy atom. The van der Waals surface area contributed by atoms with E-state index in [0.29, 0.717) is 23.0 Å². The van der Waals surface area contributed by atoms with Crippen molar-refractivity contribution in [3.05, 3.63) is 63.9 Å². The second-order valence-corrected chi connectivity index (χ2v) is 6.41. The molecule has 120 valence electrons. The summed E-state index contributed by atoms with van der Waals surface area (Å²) >= 11 is 7.59. The largest absolute Gasteiger partial charge is 0.338 e. The van der Waals surface area contributed by atoms with Crippen LogP contribution in [-0.2, 0) is 11.3 Å². The summed E-state index contributed by atoms with van der Waals surface area (Å²) in [5, 5.41) is 11.1. The summed E-state index contributed by atoms with van der Waals surface area (Å²) < 4.78 is 1.84. The quantitative estimate of drug-likeness (QED) is 0.671. The van der Waals surface area contributed by atoms with Crippen LogP contribution in [0, 0.1) is 11.3 Å². The molecule has 3 rings (SSSR count). The molecule has 5 nitrogen and oxygen atoms in total. The van der Waals surface area contributed by atoms with Gasteiger partial charge in [-0.2, -0.15) is 5.26 Å². The number of halogens is 1. The number of thiazole rings is 1. The average Bonchev–Trinajstić information content (AvgIpc) is 3.14. The molecule has 24 heavy (non-hydrogen) atoms. The number of hydrogen-bond acceptors (Lipinski definition) is 4. The van der Waals surface area contributed by atoms with Gasteiger partial charge < -0.3 is 4.90 Å². The van der Waals surface area contributed by atoms with Crippen molar-refractivity contribution in [3.63, 3.8) is 0 Å². The van der Waals surface area contributed by atoms with Gasteiger partial charge in [0.1, 0.15) is 0 Å². The van der Waals surface area contributed by atoms with Crippen molar-refractivity contribution in [2.24, 2.45) is 0 Å². The van der Waals surface area contributed by atoms with E-state index in [-0.39, 0.29) is 5.91 Å². The average molecular weight is 357 g/mol. The van der Waals surface area contributed by atoms with Crippen molar-refractivity contribution in [1.82, 2.24) is 14.3 Å². The zero-order valence-corrected chi connectivity index (χ0v) is 14.4. The fraction of sp³-hybridized carbons (Fsp3) is 0.118. The number of rotatable bonds is 4. The molecule has 0 spiro atoms. The first-order chi connectivity index (χ1) is 11.6. The van der Waals surface area contributed by atoms with Gasteiger partial charge in [-0.1, -0.05) is 23.7 Å². The molecule has 0 atom stereocenters. The molecule has 7 heteroatoms. The molecule has 0 fully saturated rings. The molecule has 3 aromatic rings. The maximum atomic E-state index is 12.3. The number of hydrogen-bond donors (Lipinski definition) is 0. The molecule has 0 unspecified atom stereocenters. The fourth-order valence-electron chi connectivity index (χ4n) is 2.24. The number of carbonyl (C=O) groups is 1. The number of nitriles is 1. The zero-order chi connectivity index (χ0) is 17.1. The van der Waals surface area contributed by atoms with Crippen LogP contribution in [-0.4, -0.2) is 27.2 Å². The molecule has 0 saturated heterocycles. The Balaban J connectivity index is 1.70.